The fourth-order valence-electron chi connectivity index (χ4n) is 1.76. The van der Waals surface area contributed by atoms with Crippen LogP contribution in [0, 0.1) is 6.92 Å². The molecule has 0 N–H and O–H groups in total. The zero-order chi connectivity index (χ0) is 13.0. The molecule has 0 radical (unpaired) electrons. The van der Waals surface area contributed by atoms with Gasteiger partial charge < -0.3 is 4.74 Å². The average molecular weight is 260 g/mol. The van der Waals surface area contributed by atoms with E-state index in [1.807, 2.05) is 32.0 Å². The van der Waals surface area contributed by atoms with Crippen molar-refractivity contribution in [2.24, 2.45) is 0 Å². The lowest BCUT2D eigenvalue weighted by molar-refractivity contribution is 0.338. The number of aryl methyl sites for hydroxylation is 1. The zero-order valence-corrected chi connectivity index (χ0v) is 11.4. The summed E-state index contributed by atoms with van der Waals surface area (Å²) in [6.07, 6.45) is 1.76. The van der Waals surface area contributed by atoms with Gasteiger partial charge in [-0.25, -0.2) is 9.97 Å². The van der Waals surface area contributed by atoms with Gasteiger partial charge >= 0.3 is 0 Å². The molecule has 0 spiro atoms. The SMILES string of the molecule is CCOc1ccc(-c2ccnc(CS)n2)cc1C. The molecule has 0 bridgehead atoms. The van der Waals surface area contributed by atoms with Gasteiger partial charge in [0.25, 0.3) is 0 Å². The third-order valence-corrected chi connectivity index (χ3v) is 2.90. The number of ether oxygens (including phenoxy) is 1. The van der Waals surface area contributed by atoms with Crippen LogP contribution in [0.2, 0.25) is 0 Å². The summed E-state index contributed by atoms with van der Waals surface area (Å²) in [5, 5.41) is 0. The van der Waals surface area contributed by atoms with E-state index in [1.54, 1.807) is 6.20 Å². The quantitative estimate of drug-likeness (QED) is 0.857. The molecule has 18 heavy (non-hydrogen) atoms. The van der Waals surface area contributed by atoms with E-state index in [9.17, 15) is 0 Å². The Morgan fingerprint density at radius 3 is 2.78 bits per heavy atom. The van der Waals surface area contributed by atoms with Crippen molar-refractivity contribution in [3.63, 3.8) is 0 Å². The molecule has 0 saturated carbocycles. The number of thiol groups is 1. The van der Waals surface area contributed by atoms with E-state index >= 15 is 0 Å². The van der Waals surface area contributed by atoms with Gasteiger partial charge in [0.1, 0.15) is 11.6 Å². The summed E-state index contributed by atoms with van der Waals surface area (Å²) in [6.45, 7) is 4.70. The summed E-state index contributed by atoms with van der Waals surface area (Å²) in [6, 6.07) is 7.98. The van der Waals surface area contributed by atoms with Crippen molar-refractivity contribution in [1.29, 1.82) is 0 Å². The first-order chi connectivity index (χ1) is 8.74. The Labute approximate surface area is 113 Å². The first-order valence-corrected chi connectivity index (χ1v) is 6.54. The van der Waals surface area contributed by atoms with Crippen LogP contribution in [0.4, 0.5) is 0 Å². The molecule has 0 aliphatic rings. The molecular weight excluding hydrogens is 244 g/mol. The number of aromatic nitrogens is 2. The Morgan fingerprint density at radius 1 is 1.28 bits per heavy atom. The van der Waals surface area contributed by atoms with Crippen LogP contribution in [-0.2, 0) is 5.75 Å². The number of hydrogen-bond acceptors (Lipinski definition) is 4. The van der Waals surface area contributed by atoms with Gasteiger partial charge in [0, 0.05) is 11.8 Å². The van der Waals surface area contributed by atoms with Crippen molar-refractivity contribution in [2.75, 3.05) is 6.61 Å². The van der Waals surface area contributed by atoms with Gasteiger partial charge in [-0.15, -0.1) is 0 Å². The van der Waals surface area contributed by atoms with E-state index in [0.29, 0.717) is 12.4 Å². The summed E-state index contributed by atoms with van der Waals surface area (Å²) in [5.74, 6) is 2.20. The van der Waals surface area contributed by atoms with Crippen LogP contribution in [0.25, 0.3) is 11.3 Å². The fraction of sp³-hybridized carbons (Fsp3) is 0.286. The van der Waals surface area contributed by atoms with Gasteiger partial charge in [0.2, 0.25) is 0 Å². The first-order valence-electron chi connectivity index (χ1n) is 5.91. The molecule has 4 heteroatoms. The molecule has 0 aliphatic heterocycles. The molecule has 0 saturated heterocycles. The van der Waals surface area contributed by atoms with Gasteiger partial charge in [-0.05, 0) is 43.7 Å². The number of benzene rings is 1. The van der Waals surface area contributed by atoms with Gasteiger partial charge in [-0.1, -0.05) is 0 Å². The molecule has 0 unspecified atom stereocenters. The maximum atomic E-state index is 5.53. The van der Waals surface area contributed by atoms with Crippen LogP contribution in [0.15, 0.2) is 30.5 Å². The molecule has 94 valence electrons. The Kier molecular flexibility index (Phi) is 4.20. The summed E-state index contributed by atoms with van der Waals surface area (Å²) in [4.78, 5) is 8.59. The van der Waals surface area contributed by atoms with Crippen LogP contribution in [-0.4, -0.2) is 16.6 Å². The Hall–Kier alpha value is -1.55. The van der Waals surface area contributed by atoms with Crippen molar-refractivity contribution >= 4 is 12.6 Å². The number of rotatable bonds is 4. The Balaban J connectivity index is 2.35. The molecule has 3 nitrogen and oxygen atoms in total. The lowest BCUT2D eigenvalue weighted by Gasteiger charge is -2.09. The topological polar surface area (TPSA) is 35.0 Å². The minimum atomic E-state index is 0.545. The lowest BCUT2D eigenvalue weighted by atomic mass is 10.1. The Bertz CT molecular complexity index is 543. The van der Waals surface area contributed by atoms with Crippen LogP contribution >= 0.6 is 12.6 Å². The van der Waals surface area contributed by atoms with E-state index in [0.717, 1.165) is 28.4 Å². The molecular formula is C14H16N2OS. The predicted molar refractivity (Wildman–Crippen MR) is 76.1 cm³/mol. The zero-order valence-electron chi connectivity index (χ0n) is 10.6. The van der Waals surface area contributed by atoms with Crippen molar-refractivity contribution in [3.8, 4) is 17.0 Å². The summed E-state index contributed by atoms with van der Waals surface area (Å²) >= 11 is 4.19. The minimum absolute atomic E-state index is 0.545. The maximum Gasteiger partial charge on any atom is 0.138 e. The predicted octanol–water partition coefficient (Wildman–Crippen LogP) is 3.28. The molecule has 2 aromatic rings. The van der Waals surface area contributed by atoms with E-state index < -0.39 is 0 Å². The van der Waals surface area contributed by atoms with E-state index in [-0.39, 0.29) is 0 Å². The summed E-state index contributed by atoms with van der Waals surface area (Å²) < 4.78 is 5.53. The monoisotopic (exact) mass is 260 g/mol. The van der Waals surface area contributed by atoms with Crippen molar-refractivity contribution < 1.29 is 4.74 Å². The van der Waals surface area contributed by atoms with E-state index in [1.165, 1.54) is 0 Å². The standard InChI is InChI=1S/C14H16N2OS/c1-3-17-13-5-4-11(8-10(13)2)12-6-7-15-14(9-18)16-12/h4-8,18H,3,9H2,1-2H3. The van der Waals surface area contributed by atoms with E-state index in [4.69, 9.17) is 4.74 Å². The first kappa shape index (κ1) is 12.9. The highest BCUT2D eigenvalue weighted by Gasteiger charge is 2.05. The molecule has 0 atom stereocenters. The number of hydrogen-bond donors (Lipinski definition) is 1. The van der Waals surface area contributed by atoms with Crippen molar-refractivity contribution in [3.05, 3.63) is 41.9 Å². The fourth-order valence-corrected chi connectivity index (χ4v) is 1.91. The van der Waals surface area contributed by atoms with Crippen LogP contribution in [0.3, 0.4) is 0 Å². The van der Waals surface area contributed by atoms with Gasteiger partial charge in [0.15, 0.2) is 0 Å². The third kappa shape index (κ3) is 2.82. The highest BCUT2D eigenvalue weighted by molar-refractivity contribution is 7.79. The third-order valence-electron chi connectivity index (χ3n) is 2.62. The van der Waals surface area contributed by atoms with Gasteiger partial charge in [-0.2, -0.15) is 12.6 Å². The summed E-state index contributed by atoms with van der Waals surface area (Å²) in [7, 11) is 0. The normalized spacial score (nSPS) is 10.4. The van der Waals surface area contributed by atoms with Gasteiger partial charge in [-0.3, -0.25) is 0 Å². The molecule has 0 aliphatic carbocycles. The second-order valence-electron chi connectivity index (χ2n) is 3.93. The smallest absolute Gasteiger partial charge is 0.138 e. The summed E-state index contributed by atoms with van der Waals surface area (Å²) in [5.41, 5.74) is 3.10. The highest BCUT2D eigenvalue weighted by atomic mass is 32.1. The molecule has 0 fully saturated rings. The van der Waals surface area contributed by atoms with Crippen LogP contribution in [0.5, 0.6) is 5.75 Å². The van der Waals surface area contributed by atoms with Crippen molar-refractivity contribution in [1.82, 2.24) is 9.97 Å². The number of nitrogens with zero attached hydrogens (tertiary/aromatic N) is 2. The van der Waals surface area contributed by atoms with Crippen LogP contribution in [0.1, 0.15) is 18.3 Å². The molecule has 1 aromatic carbocycles. The van der Waals surface area contributed by atoms with Crippen molar-refractivity contribution in [2.45, 2.75) is 19.6 Å². The highest BCUT2D eigenvalue weighted by Crippen LogP contribution is 2.25. The second kappa shape index (κ2) is 5.87. The Morgan fingerprint density at radius 2 is 2.11 bits per heavy atom. The molecule has 0 amide bonds. The molecule has 1 aromatic heterocycles. The van der Waals surface area contributed by atoms with Crippen LogP contribution < -0.4 is 4.74 Å². The van der Waals surface area contributed by atoms with E-state index in [2.05, 4.69) is 28.7 Å². The maximum absolute atomic E-state index is 5.53. The lowest BCUT2D eigenvalue weighted by Crippen LogP contribution is -1.96. The minimum Gasteiger partial charge on any atom is -0.494 e. The van der Waals surface area contributed by atoms with Gasteiger partial charge in [0.05, 0.1) is 18.1 Å². The molecule has 1 heterocycles. The molecule has 2 rings (SSSR count). The second-order valence-corrected chi connectivity index (χ2v) is 4.25. The largest absolute Gasteiger partial charge is 0.494 e. The average Bonchev–Trinajstić information content (AvgIpc) is 2.41.